The first kappa shape index (κ1) is 14.1. The van der Waals surface area contributed by atoms with E-state index >= 15 is 0 Å². The fraction of sp³-hybridized carbons (Fsp3) is 0.154. The lowest BCUT2D eigenvalue weighted by Gasteiger charge is -2.09. The minimum absolute atomic E-state index is 0.0325. The van der Waals surface area contributed by atoms with Gasteiger partial charge in [0.1, 0.15) is 12.3 Å². The van der Waals surface area contributed by atoms with Crippen LogP contribution in [0.3, 0.4) is 0 Å². The maximum atomic E-state index is 11.7. The summed E-state index contributed by atoms with van der Waals surface area (Å²) in [6.45, 7) is 0.170. The highest BCUT2D eigenvalue weighted by molar-refractivity contribution is 6.28. The molecule has 104 valence electrons. The normalized spacial score (nSPS) is 9.90. The molecule has 1 amide bonds. The maximum Gasteiger partial charge on any atom is 0.412 e. The van der Waals surface area contributed by atoms with Crippen molar-refractivity contribution >= 4 is 23.4 Å². The van der Waals surface area contributed by atoms with E-state index in [0.29, 0.717) is 0 Å². The Kier molecular flexibility index (Phi) is 4.73. The Balaban J connectivity index is 1.95. The summed E-state index contributed by atoms with van der Waals surface area (Å²) in [5.74, 6) is 0.168. The zero-order chi connectivity index (χ0) is 14.4. The summed E-state index contributed by atoms with van der Waals surface area (Å²) >= 11 is 5.63. The third-order valence-electron chi connectivity index (χ3n) is 2.37. The molecule has 0 aliphatic carbocycles. The van der Waals surface area contributed by atoms with Gasteiger partial charge in [0.05, 0.1) is 13.3 Å². The van der Waals surface area contributed by atoms with Crippen molar-refractivity contribution in [3.63, 3.8) is 0 Å². The lowest BCUT2D eigenvalue weighted by Crippen LogP contribution is -2.14. The predicted octanol–water partition coefficient (Wildman–Crippen LogP) is 2.89. The van der Waals surface area contributed by atoms with Gasteiger partial charge in [0.15, 0.2) is 0 Å². The Hall–Kier alpha value is -2.34. The molecule has 0 atom stereocenters. The van der Waals surface area contributed by atoms with Gasteiger partial charge in [-0.25, -0.2) is 9.78 Å². The first-order valence-electron chi connectivity index (χ1n) is 5.73. The number of nitrogens with one attached hydrogen (secondary N) is 1. The van der Waals surface area contributed by atoms with Crippen LogP contribution in [0.15, 0.2) is 36.5 Å². The second-order valence-electron chi connectivity index (χ2n) is 3.75. The van der Waals surface area contributed by atoms with Gasteiger partial charge in [-0.3, -0.25) is 5.32 Å². The van der Waals surface area contributed by atoms with Crippen molar-refractivity contribution in [1.82, 2.24) is 9.97 Å². The van der Waals surface area contributed by atoms with Gasteiger partial charge in [-0.15, -0.1) is 0 Å². The van der Waals surface area contributed by atoms with E-state index in [2.05, 4.69) is 15.3 Å². The molecule has 1 aromatic carbocycles. The molecule has 7 heteroatoms. The maximum absolute atomic E-state index is 11.7. The Morgan fingerprint density at radius 2 is 2.10 bits per heavy atom. The number of halogens is 1. The molecule has 0 aliphatic rings. The number of aromatic nitrogens is 2. The second-order valence-corrected chi connectivity index (χ2v) is 4.09. The number of benzene rings is 1. The van der Waals surface area contributed by atoms with E-state index in [0.717, 1.165) is 5.56 Å². The highest BCUT2D eigenvalue weighted by Crippen LogP contribution is 2.21. The van der Waals surface area contributed by atoms with Gasteiger partial charge < -0.3 is 9.47 Å². The van der Waals surface area contributed by atoms with Crippen LogP contribution in [0, 0.1) is 0 Å². The van der Waals surface area contributed by atoms with Crippen LogP contribution in [0.1, 0.15) is 5.56 Å². The third-order valence-corrected chi connectivity index (χ3v) is 2.55. The van der Waals surface area contributed by atoms with Gasteiger partial charge in [-0.2, -0.15) is 4.98 Å². The number of amides is 1. The Labute approximate surface area is 120 Å². The molecule has 1 aromatic heterocycles. The van der Waals surface area contributed by atoms with E-state index in [1.54, 1.807) is 0 Å². The summed E-state index contributed by atoms with van der Waals surface area (Å²) in [7, 11) is 1.42. The smallest absolute Gasteiger partial charge is 0.412 e. The number of anilines is 1. The lowest BCUT2D eigenvalue weighted by atomic mass is 10.2. The fourth-order valence-electron chi connectivity index (χ4n) is 1.46. The minimum Gasteiger partial charge on any atom is -0.479 e. The highest BCUT2D eigenvalue weighted by atomic mass is 35.5. The first-order valence-corrected chi connectivity index (χ1v) is 6.11. The summed E-state index contributed by atoms with van der Waals surface area (Å²) in [5.41, 5.74) is 1.18. The zero-order valence-corrected chi connectivity index (χ0v) is 11.4. The molecule has 0 unspecified atom stereocenters. The van der Waals surface area contributed by atoms with Crippen molar-refractivity contribution in [2.45, 2.75) is 6.61 Å². The average molecular weight is 294 g/mol. The summed E-state index contributed by atoms with van der Waals surface area (Å²) in [5, 5.41) is 2.52. The molecular formula is C13H12ClN3O3. The Morgan fingerprint density at radius 1 is 1.35 bits per heavy atom. The number of carbonyl (C=O) groups is 1. The van der Waals surface area contributed by atoms with E-state index in [1.807, 2.05) is 30.3 Å². The molecule has 6 nitrogen and oxygen atoms in total. The summed E-state index contributed by atoms with van der Waals surface area (Å²) in [4.78, 5) is 19.2. The number of hydrogen-bond donors (Lipinski definition) is 1. The van der Waals surface area contributed by atoms with Crippen LogP contribution < -0.4 is 10.1 Å². The van der Waals surface area contributed by atoms with Gasteiger partial charge in [0.2, 0.25) is 11.2 Å². The molecule has 1 heterocycles. The molecule has 0 saturated heterocycles. The summed E-state index contributed by atoms with van der Waals surface area (Å²) < 4.78 is 10.1. The monoisotopic (exact) mass is 293 g/mol. The van der Waals surface area contributed by atoms with Crippen molar-refractivity contribution in [3.05, 3.63) is 47.4 Å². The van der Waals surface area contributed by atoms with E-state index in [9.17, 15) is 4.79 Å². The third kappa shape index (κ3) is 3.83. The topological polar surface area (TPSA) is 73.3 Å². The number of methoxy groups -OCH3 is 1. The minimum atomic E-state index is -0.627. The van der Waals surface area contributed by atoms with Crippen LogP contribution in [-0.4, -0.2) is 23.2 Å². The van der Waals surface area contributed by atoms with E-state index in [1.165, 1.54) is 13.3 Å². The molecule has 0 spiro atoms. The van der Waals surface area contributed by atoms with Crippen molar-refractivity contribution in [3.8, 4) is 5.88 Å². The summed E-state index contributed by atoms with van der Waals surface area (Å²) in [6, 6.07) is 9.34. The van der Waals surface area contributed by atoms with Crippen LogP contribution in [-0.2, 0) is 11.3 Å². The molecule has 0 saturated carbocycles. The highest BCUT2D eigenvalue weighted by Gasteiger charge is 2.11. The number of rotatable bonds is 4. The molecule has 0 bridgehead atoms. The van der Waals surface area contributed by atoms with Crippen molar-refractivity contribution < 1.29 is 14.3 Å². The van der Waals surface area contributed by atoms with Gasteiger partial charge in [-0.1, -0.05) is 30.3 Å². The zero-order valence-electron chi connectivity index (χ0n) is 10.7. The van der Waals surface area contributed by atoms with Gasteiger partial charge in [-0.05, 0) is 17.2 Å². The largest absolute Gasteiger partial charge is 0.479 e. The van der Waals surface area contributed by atoms with Crippen LogP contribution in [0.4, 0.5) is 10.5 Å². The van der Waals surface area contributed by atoms with E-state index in [-0.39, 0.29) is 23.5 Å². The van der Waals surface area contributed by atoms with E-state index < -0.39 is 6.09 Å². The van der Waals surface area contributed by atoms with E-state index in [4.69, 9.17) is 21.1 Å². The number of hydrogen-bond acceptors (Lipinski definition) is 5. The van der Waals surface area contributed by atoms with Crippen molar-refractivity contribution in [2.24, 2.45) is 0 Å². The second kappa shape index (κ2) is 6.72. The van der Waals surface area contributed by atoms with Crippen LogP contribution in [0.25, 0.3) is 0 Å². The molecular weight excluding hydrogens is 282 g/mol. The molecule has 2 rings (SSSR count). The molecule has 2 aromatic rings. The molecule has 20 heavy (non-hydrogen) atoms. The SMILES string of the molecule is COc1nc(Cl)ncc1NC(=O)OCc1ccccc1. The quantitative estimate of drug-likeness (QED) is 0.877. The summed E-state index contributed by atoms with van der Waals surface area (Å²) in [6.07, 6.45) is 0.718. The molecule has 0 aliphatic heterocycles. The van der Waals surface area contributed by atoms with Crippen molar-refractivity contribution in [2.75, 3.05) is 12.4 Å². The van der Waals surface area contributed by atoms with Crippen LogP contribution in [0.5, 0.6) is 5.88 Å². The Morgan fingerprint density at radius 3 is 2.80 bits per heavy atom. The van der Waals surface area contributed by atoms with Crippen molar-refractivity contribution in [1.29, 1.82) is 0 Å². The molecule has 0 radical (unpaired) electrons. The van der Waals surface area contributed by atoms with Crippen LogP contribution >= 0.6 is 11.6 Å². The standard InChI is InChI=1S/C13H12ClN3O3/c1-19-11-10(7-15-12(14)17-11)16-13(18)20-8-9-5-3-2-4-6-9/h2-7H,8H2,1H3,(H,16,18). The van der Waals surface area contributed by atoms with Gasteiger partial charge >= 0.3 is 6.09 Å². The first-order chi connectivity index (χ1) is 9.69. The van der Waals surface area contributed by atoms with Gasteiger partial charge in [0.25, 0.3) is 0 Å². The average Bonchev–Trinajstić information content (AvgIpc) is 2.48. The molecule has 1 N–H and O–H groups in total. The van der Waals surface area contributed by atoms with Gasteiger partial charge in [0, 0.05) is 0 Å². The molecule has 0 fully saturated rings. The number of nitrogens with zero attached hydrogens (tertiary/aromatic N) is 2. The Bertz CT molecular complexity index is 593. The lowest BCUT2D eigenvalue weighted by molar-refractivity contribution is 0.155. The number of carbonyl (C=O) groups excluding carboxylic acids is 1. The fourth-order valence-corrected chi connectivity index (χ4v) is 1.58. The van der Waals surface area contributed by atoms with Crippen LogP contribution in [0.2, 0.25) is 5.28 Å². The predicted molar refractivity (Wildman–Crippen MR) is 73.8 cm³/mol. The number of ether oxygens (including phenoxy) is 2.